The van der Waals surface area contributed by atoms with Crippen LogP contribution in [0.3, 0.4) is 0 Å². The number of carbonyl (C=O) groups is 1. The zero-order chi connectivity index (χ0) is 14.3. The van der Waals surface area contributed by atoms with Crippen molar-refractivity contribution >= 4 is 5.91 Å². The number of benzene rings is 1. The summed E-state index contributed by atoms with van der Waals surface area (Å²) in [5.41, 5.74) is 4.04. The van der Waals surface area contributed by atoms with Crippen LogP contribution in [0.5, 0.6) is 0 Å². The van der Waals surface area contributed by atoms with Crippen LogP contribution < -0.4 is 11.3 Å². The Kier molecular flexibility index (Phi) is 6.49. The number of hydrogen-bond donors (Lipinski definition) is 2. The molecule has 1 rings (SSSR count). The number of hydrazine groups is 2. The Morgan fingerprint density at radius 1 is 1.32 bits per heavy atom. The van der Waals surface area contributed by atoms with Crippen LogP contribution in [0.15, 0.2) is 30.3 Å². The summed E-state index contributed by atoms with van der Waals surface area (Å²) in [5, 5.41) is 3.14. The van der Waals surface area contributed by atoms with Gasteiger partial charge in [0.25, 0.3) is 5.91 Å². The van der Waals surface area contributed by atoms with E-state index in [4.69, 9.17) is 5.84 Å². The molecule has 0 saturated heterocycles. The fourth-order valence-electron chi connectivity index (χ4n) is 1.80. The fraction of sp³-hybridized carbons (Fsp3) is 0.500. The Bertz CT molecular complexity index is 380. The van der Waals surface area contributed by atoms with Crippen LogP contribution in [0, 0.1) is 5.92 Å². The van der Waals surface area contributed by atoms with Crippen molar-refractivity contribution in [1.29, 1.82) is 0 Å². The van der Waals surface area contributed by atoms with Gasteiger partial charge < -0.3 is 0 Å². The molecule has 0 aliphatic carbocycles. The first-order chi connectivity index (χ1) is 9.02. The van der Waals surface area contributed by atoms with Crippen molar-refractivity contribution < 1.29 is 4.79 Å². The molecule has 0 spiro atoms. The molecule has 1 aromatic rings. The molecule has 0 aliphatic rings. The van der Waals surface area contributed by atoms with E-state index in [1.807, 2.05) is 42.4 Å². The molecule has 0 aliphatic heterocycles. The van der Waals surface area contributed by atoms with Gasteiger partial charge in [-0.3, -0.25) is 15.2 Å². The molecular formula is C14H24N4O. The zero-order valence-electron chi connectivity index (χ0n) is 12.0. The van der Waals surface area contributed by atoms with Crippen molar-refractivity contribution in [1.82, 2.24) is 15.4 Å². The van der Waals surface area contributed by atoms with Gasteiger partial charge in [-0.1, -0.05) is 44.2 Å². The highest BCUT2D eigenvalue weighted by molar-refractivity contribution is 5.77. The van der Waals surface area contributed by atoms with Crippen LogP contribution in [-0.4, -0.2) is 36.1 Å². The van der Waals surface area contributed by atoms with Gasteiger partial charge in [-0.25, -0.2) is 10.9 Å². The third-order valence-corrected chi connectivity index (χ3v) is 2.74. The van der Waals surface area contributed by atoms with Gasteiger partial charge in [0, 0.05) is 6.54 Å². The van der Waals surface area contributed by atoms with Crippen LogP contribution >= 0.6 is 0 Å². The maximum atomic E-state index is 12.0. The van der Waals surface area contributed by atoms with Crippen LogP contribution in [0.1, 0.15) is 19.4 Å². The Balaban J connectivity index is 2.48. The Hall–Kier alpha value is -1.43. The SMILES string of the molecule is CNN(CC(=O)N(N)Cc1ccccc1)CC(C)C. The molecule has 1 aromatic carbocycles. The van der Waals surface area contributed by atoms with E-state index in [0.717, 1.165) is 12.1 Å². The maximum absolute atomic E-state index is 12.0. The van der Waals surface area contributed by atoms with Crippen LogP contribution in [0.4, 0.5) is 0 Å². The number of nitrogens with one attached hydrogen (secondary N) is 1. The molecule has 5 heteroatoms. The molecule has 19 heavy (non-hydrogen) atoms. The summed E-state index contributed by atoms with van der Waals surface area (Å²) < 4.78 is 0. The molecule has 3 N–H and O–H groups in total. The fourth-order valence-corrected chi connectivity index (χ4v) is 1.80. The van der Waals surface area contributed by atoms with Crippen molar-refractivity contribution in [2.75, 3.05) is 20.1 Å². The van der Waals surface area contributed by atoms with Crippen molar-refractivity contribution in [3.05, 3.63) is 35.9 Å². The maximum Gasteiger partial charge on any atom is 0.252 e. The van der Waals surface area contributed by atoms with Crippen molar-refractivity contribution in [3.8, 4) is 0 Å². The summed E-state index contributed by atoms with van der Waals surface area (Å²) >= 11 is 0. The molecule has 0 fully saturated rings. The van der Waals surface area contributed by atoms with Gasteiger partial charge in [0.2, 0.25) is 0 Å². The lowest BCUT2D eigenvalue weighted by Crippen LogP contribution is -2.48. The lowest BCUT2D eigenvalue weighted by molar-refractivity contribution is -0.134. The van der Waals surface area contributed by atoms with Crippen LogP contribution in [0.2, 0.25) is 0 Å². The average molecular weight is 264 g/mol. The predicted molar refractivity (Wildman–Crippen MR) is 76.7 cm³/mol. The zero-order valence-corrected chi connectivity index (χ0v) is 12.0. The lowest BCUT2D eigenvalue weighted by Gasteiger charge is -2.25. The molecule has 0 radical (unpaired) electrons. The normalized spacial score (nSPS) is 11.1. The third kappa shape index (κ3) is 5.83. The number of rotatable bonds is 7. The second kappa shape index (κ2) is 7.89. The molecule has 0 heterocycles. The summed E-state index contributed by atoms with van der Waals surface area (Å²) in [4.78, 5) is 12.0. The lowest BCUT2D eigenvalue weighted by atomic mass is 10.2. The van der Waals surface area contributed by atoms with Crippen molar-refractivity contribution in [2.45, 2.75) is 20.4 Å². The topological polar surface area (TPSA) is 61.6 Å². The first-order valence-electron chi connectivity index (χ1n) is 6.54. The predicted octanol–water partition coefficient (Wildman–Crippen LogP) is 0.981. The van der Waals surface area contributed by atoms with Gasteiger partial charge in [-0.15, -0.1) is 0 Å². The second-order valence-electron chi connectivity index (χ2n) is 5.01. The molecule has 106 valence electrons. The highest BCUT2D eigenvalue weighted by atomic mass is 16.2. The minimum absolute atomic E-state index is 0.0983. The molecule has 0 bridgehead atoms. The van der Waals surface area contributed by atoms with Gasteiger partial charge in [0.05, 0.1) is 13.1 Å². The van der Waals surface area contributed by atoms with Gasteiger partial charge in [-0.05, 0) is 18.5 Å². The highest BCUT2D eigenvalue weighted by Crippen LogP contribution is 2.02. The van der Waals surface area contributed by atoms with E-state index in [9.17, 15) is 4.79 Å². The molecule has 0 aromatic heterocycles. The summed E-state index contributed by atoms with van der Waals surface area (Å²) in [6, 6.07) is 9.73. The number of nitrogens with two attached hydrogens (primary N) is 1. The number of carbonyl (C=O) groups excluding carboxylic acids is 1. The van der Waals surface area contributed by atoms with Gasteiger partial charge in [-0.2, -0.15) is 0 Å². The molecule has 1 amide bonds. The van der Waals surface area contributed by atoms with E-state index in [1.54, 1.807) is 0 Å². The van der Waals surface area contributed by atoms with E-state index in [2.05, 4.69) is 19.3 Å². The highest BCUT2D eigenvalue weighted by Gasteiger charge is 2.15. The monoisotopic (exact) mass is 264 g/mol. The smallest absolute Gasteiger partial charge is 0.252 e. The third-order valence-electron chi connectivity index (χ3n) is 2.74. The van der Waals surface area contributed by atoms with Crippen LogP contribution in [-0.2, 0) is 11.3 Å². The van der Waals surface area contributed by atoms with Crippen molar-refractivity contribution in [2.24, 2.45) is 11.8 Å². The van der Waals surface area contributed by atoms with Gasteiger partial charge >= 0.3 is 0 Å². The first kappa shape index (κ1) is 15.6. The number of hydrogen-bond acceptors (Lipinski definition) is 4. The summed E-state index contributed by atoms with van der Waals surface area (Å²) in [6.45, 7) is 5.73. The quantitative estimate of drug-likeness (QED) is 0.438. The minimum Gasteiger partial charge on any atom is -0.275 e. The summed E-state index contributed by atoms with van der Waals surface area (Å²) in [5.74, 6) is 6.20. The Morgan fingerprint density at radius 3 is 2.47 bits per heavy atom. The van der Waals surface area contributed by atoms with E-state index in [-0.39, 0.29) is 12.5 Å². The molecule has 0 atom stereocenters. The van der Waals surface area contributed by atoms with Gasteiger partial charge in [0.15, 0.2) is 0 Å². The average Bonchev–Trinajstić information content (AvgIpc) is 2.38. The Labute approximate surface area is 115 Å². The largest absolute Gasteiger partial charge is 0.275 e. The first-order valence-corrected chi connectivity index (χ1v) is 6.54. The molecular weight excluding hydrogens is 240 g/mol. The Morgan fingerprint density at radius 2 is 1.95 bits per heavy atom. The minimum atomic E-state index is -0.0983. The van der Waals surface area contributed by atoms with E-state index in [1.165, 1.54) is 5.01 Å². The van der Waals surface area contributed by atoms with Crippen molar-refractivity contribution in [3.63, 3.8) is 0 Å². The number of amides is 1. The van der Waals surface area contributed by atoms with E-state index < -0.39 is 0 Å². The number of nitrogens with zero attached hydrogens (tertiary/aromatic N) is 2. The van der Waals surface area contributed by atoms with E-state index >= 15 is 0 Å². The van der Waals surface area contributed by atoms with Gasteiger partial charge in [0.1, 0.15) is 0 Å². The van der Waals surface area contributed by atoms with E-state index in [0.29, 0.717) is 12.5 Å². The molecule has 5 nitrogen and oxygen atoms in total. The second-order valence-corrected chi connectivity index (χ2v) is 5.01. The summed E-state index contributed by atoms with van der Waals surface area (Å²) in [7, 11) is 1.81. The standard InChI is InChI=1S/C14H24N4O/c1-12(2)9-17(16-3)11-14(19)18(15)10-13-7-5-4-6-8-13/h4-8,12,16H,9-11,15H2,1-3H3. The molecule has 0 saturated carbocycles. The van der Waals surface area contributed by atoms with Crippen LogP contribution in [0.25, 0.3) is 0 Å². The summed E-state index contributed by atoms with van der Waals surface area (Å²) in [6.07, 6.45) is 0. The molecule has 0 unspecified atom stereocenters.